The summed E-state index contributed by atoms with van der Waals surface area (Å²) in [4.78, 5) is 8.96. The minimum absolute atomic E-state index is 0.333. The first-order chi connectivity index (χ1) is 7.85. The number of hydrogen-bond donors (Lipinski definition) is 1. The molecule has 2 N–H and O–H groups in total. The average Bonchev–Trinajstić information content (AvgIpc) is 2.78. The van der Waals surface area contributed by atoms with E-state index >= 15 is 0 Å². The molecule has 0 aliphatic heterocycles. The lowest BCUT2D eigenvalue weighted by atomic mass is 10.1. The first-order valence-electron chi connectivity index (χ1n) is 4.74. The van der Waals surface area contributed by atoms with Crippen LogP contribution in [0.25, 0.3) is 11.3 Å². The van der Waals surface area contributed by atoms with E-state index in [2.05, 4.69) is 9.82 Å². The Morgan fingerprint density at radius 2 is 2.19 bits per heavy atom. The van der Waals surface area contributed by atoms with Crippen molar-refractivity contribution >= 4 is 11.3 Å². The van der Waals surface area contributed by atoms with Gasteiger partial charge in [0.15, 0.2) is 0 Å². The Bertz CT molecular complexity index is 471. The molecule has 2 rings (SSSR count). The Kier molecular flexibility index (Phi) is 3.51. The van der Waals surface area contributed by atoms with E-state index in [0.29, 0.717) is 6.61 Å². The maximum Gasteiger partial charge on any atom is 0.128 e. The number of hydrogen-bond acceptors (Lipinski definition) is 5. The molecule has 2 aromatic rings. The van der Waals surface area contributed by atoms with Crippen molar-refractivity contribution in [1.29, 1.82) is 0 Å². The summed E-state index contributed by atoms with van der Waals surface area (Å²) in [5.74, 6) is 5.82. The number of methoxy groups -OCH3 is 1. The van der Waals surface area contributed by atoms with Crippen LogP contribution in [0.5, 0.6) is 5.75 Å². The van der Waals surface area contributed by atoms with Crippen LogP contribution in [0.2, 0.25) is 0 Å². The van der Waals surface area contributed by atoms with Crippen molar-refractivity contribution in [2.75, 3.05) is 7.11 Å². The van der Waals surface area contributed by atoms with E-state index in [0.717, 1.165) is 22.0 Å². The van der Waals surface area contributed by atoms with Gasteiger partial charge >= 0.3 is 0 Å². The summed E-state index contributed by atoms with van der Waals surface area (Å²) in [7, 11) is 1.65. The second-order valence-electron chi connectivity index (χ2n) is 3.14. The number of para-hydroxylation sites is 1. The van der Waals surface area contributed by atoms with E-state index < -0.39 is 0 Å². The van der Waals surface area contributed by atoms with Crippen LogP contribution in [-0.4, -0.2) is 12.1 Å². The Morgan fingerprint density at radius 1 is 1.38 bits per heavy atom. The highest BCUT2D eigenvalue weighted by molar-refractivity contribution is 7.09. The Morgan fingerprint density at radius 3 is 2.94 bits per heavy atom. The lowest BCUT2D eigenvalue weighted by Crippen LogP contribution is -1.98. The topological polar surface area (TPSA) is 57.4 Å². The number of aromatic nitrogens is 1. The zero-order chi connectivity index (χ0) is 11.4. The zero-order valence-electron chi connectivity index (χ0n) is 8.84. The van der Waals surface area contributed by atoms with Gasteiger partial charge in [0.1, 0.15) is 17.4 Å². The number of thiazole rings is 1. The van der Waals surface area contributed by atoms with Gasteiger partial charge in [0, 0.05) is 10.9 Å². The standard InChI is InChI=1S/C11H12N2O2S/c1-14-10-5-3-2-4-8(10)9-7-16-11(13-9)6-15-12/h2-5,7H,6,12H2,1H3. The fourth-order valence-electron chi connectivity index (χ4n) is 1.43. The summed E-state index contributed by atoms with van der Waals surface area (Å²) < 4.78 is 5.28. The fraction of sp³-hybridized carbons (Fsp3) is 0.182. The van der Waals surface area contributed by atoms with Crippen LogP contribution < -0.4 is 10.6 Å². The van der Waals surface area contributed by atoms with Crippen LogP contribution in [0, 0.1) is 0 Å². The molecule has 5 heteroatoms. The molecule has 1 aromatic heterocycles. The summed E-state index contributed by atoms with van der Waals surface area (Å²) in [6, 6.07) is 7.77. The molecule has 0 aliphatic rings. The molecule has 0 bridgehead atoms. The number of nitrogens with two attached hydrogens (primary N) is 1. The van der Waals surface area contributed by atoms with Gasteiger partial charge < -0.3 is 4.74 Å². The molecule has 1 aromatic carbocycles. The Balaban J connectivity index is 2.34. The lowest BCUT2D eigenvalue weighted by molar-refractivity contribution is 0.124. The highest BCUT2D eigenvalue weighted by atomic mass is 32.1. The van der Waals surface area contributed by atoms with Crippen molar-refractivity contribution in [3.05, 3.63) is 34.7 Å². The predicted octanol–water partition coefficient (Wildman–Crippen LogP) is 2.21. The molecule has 0 saturated heterocycles. The molecule has 0 fully saturated rings. The minimum Gasteiger partial charge on any atom is -0.496 e. The highest BCUT2D eigenvalue weighted by Crippen LogP contribution is 2.30. The first kappa shape index (κ1) is 11.1. The molecule has 0 amide bonds. The molecule has 4 nitrogen and oxygen atoms in total. The summed E-state index contributed by atoms with van der Waals surface area (Å²) in [6.07, 6.45) is 0. The third kappa shape index (κ3) is 2.21. The van der Waals surface area contributed by atoms with Gasteiger partial charge in [-0.3, -0.25) is 4.84 Å². The van der Waals surface area contributed by atoms with Crippen LogP contribution in [0.4, 0.5) is 0 Å². The van der Waals surface area contributed by atoms with Gasteiger partial charge in [-0.15, -0.1) is 11.3 Å². The van der Waals surface area contributed by atoms with Gasteiger partial charge in [-0.1, -0.05) is 12.1 Å². The van der Waals surface area contributed by atoms with Gasteiger partial charge in [0.05, 0.1) is 12.8 Å². The smallest absolute Gasteiger partial charge is 0.128 e. The van der Waals surface area contributed by atoms with Crippen LogP contribution in [-0.2, 0) is 11.4 Å². The lowest BCUT2D eigenvalue weighted by Gasteiger charge is -2.04. The van der Waals surface area contributed by atoms with Crippen molar-refractivity contribution < 1.29 is 9.57 Å². The second-order valence-corrected chi connectivity index (χ2v) is 4.08. The normalized spacial score (nSPS) is 10.4. The van der Waals surface area contributed by atoms with Gasteiger partial charge in [-0.05, 0) is 12.1 Å². The molecule has 84 valence electrons. The summed E-state index contributed by atoms with van der Waals surface area (Å²) in [5.41, 5.74) is 1.86. The maximum atomic E-state index is 5.28. The molecule has 16 heavy (non-hydrogen) atoms. The molecule has 0 atom stereocenters. The summed E-state index contributed by atoms with van der Waals surface area (Å²) in [5, 5.41) is 2.81. The molecule has 0 spiro atoms. The summed E-state index contributed by atoms with van der Waals surface area (Å²) >= 11 is 1.52. The average molecular weight is 236 g/mol. The third-order valence-corrected chi connectivity index (χ3v) is 2.96. The van der Waals surface area contributed by atoms with Gasteiger partial charge in [-0.2, -0.15) is 0 Å². The van der Waals surface area contributed by atoms with Crippen molar-refractivity contribution in [3.63, 3.8) is 0 Å². The monoisotopic (exact) mass is 236 g/mol. The van der Waals surface area contributed by atoms with Crippen molar-refractivity contribution in [1.82, 2.24) is 4.98 Å². The molecule has 0 unspecified atom stereocenters. The molecular formula is C11H12N2O2S. The maximum absolute atomic E-state index is 5.28. The number of ether oxygens (including phenoxy) is 1. The quantitative estimate of drug-likeness (QED) is 0.827. The third-order valence-electron chi connectivity index (χ3n) is 2.14. The van der Waals surface area contributed by atoms with E-state index in [1.165, 1.54) is 11.3 Å². The number of nitrogens with zero attached hydrogens (tertiary/aromatic N) is 1. The van der Waals surface area contributed by atoms with E-state index in [1.807, 2.05) is 29.6 Å². The molecule has 0 radical (unpaired) electrons. The van der Waals surface area contributed by atoms with E-state index in [1.54, 1.807) is 7.11 Å². The van der Waals surface area contributed by atoms with Crippen LogP contribution in [0.3, 0.4) is 0 Å². The van der Waals surface area contributed by atoms with Crippen LogP contribution in [0.15, 0.2) is 29.6 Å². The Labute approximate surface area is 97.6 Å². The van der Waals surface area contributed by atoms with E-state index in [9.17, 15) is 0 Å². The van der Waals surface area contributed by atoms with Gasteiger partial charge in [-0.25, -0.2) is 10.9 Å². The fourth-order valence-corrected chi connectivity index (χ4v) is 2.14. The summed E-state index contributed by atoms with van der Waals surface area (Å²) in [6.45, 7) is 0.333. The Hall–Kier alpha value is -1.43. The largest absolute Gasteiger partial charge is 0.496 e. The van der Waals surface area contributed by atoms with Crippen molar-refractivity contribution in [3.8, 4) is 17.0 Å². The van der Waals surface area contributed by atoms with E-state index in [4.69, 9.17) is 10.6 Å². The SMILES string of the molecule is COc1ccccc1-c1csc(CON)n1. The van der Waals surface area contributed by atoms with Crippen molar-refractivity contribution in [2.24, 2.45) is 5.90 Å². The molecular weight excluding hydrogens is 224 g/mol. The molecule has 0 aliphatic carbocycles. The second kappa shape index (κ2) is 5.07. The van der Waals surface area contributed by atoms with Crippen LogP contribution in [0.1, 0.15) is 5.01 Å². The first-order valence-corrected chi connectivity index (χ1v) is 5.62. The minimum atomic E-state index is 0.333. The molecule has 0 saturated carbocycles. The van der Waals surface area contributed by atoms with Gasteiger partial charge in [0.2, 0.25) is 0 Å². The van der Waals surface area contributed by atoms with Gasteiger partial charge in [0.25, 0.3) is 0 Å². The number of rotatable bonds is 4. The number of benzene rings is 1. The van der Waals surface area contributed by atoms with Crippen LogP contribution >= 0.6 is 11.3 Å². The molecule has 1 heterocycles. The zero-order valence-corrected chi connectivity index (χ0v) is 9.66. The van der Waals surface area contributed by atoms with Crippen molar-refractivity contribution in [2.45, 2.75) is 6.61 Å². The predicted molar refractivity (Wildman–Crippen MR) is 63.1 cm³/mol. The highest BCUT2D eigenvalue weighted by Gasteiger charge is 2.08. The van der Waals surface area contributed by atoms with E-state index in [-0.39, 0.29) is 0 Å².